The van der Waals surface area contributed by atoms with Gasteiger partial charge in [-0.2, -0.15) is 5.26 Å². The summed E-state index contributed by atoms with van der Waals surface area (Å²) in [5.41, 5.74) is 2.14. The second kappa shape index (κ2) is 8.59. The van der Waals surface area contributed by atoms with Crippen molar-refractivity contribution in [3.05, 3.63) is 90.0 Å². The van der Waals surface area contributed by atoms with Crippen LogP contribution < -0.4 is 9.62 Å². The lowest BCUT2D eigenvalue weighted by molar-refractivity contribution is -0.114. The van der Waals surface area contributed by atoms with Gasteiger partial charge in [-0.05, 0) is 49.4 Å². The summed E-state index contributed by atoms with van der Waals surface area (Å²) in [5.74, 6) is -0.514. The predicted octanol–water partition coefficient (Wildman–Crippen LogP) is 3.70. The van der Waals surface area contributed by atoms with Gasteiger partial charge in [-0.1, -0.05) is 42.0 Å². The van der Waals surface area contributed by atoms with E-state index in [0.717, 1.165) is 9.87 Å². The molecule has 0 aliphatic heterocycles. The van der Waals surface area contributed by atoms with E-state index in [-0.39, 0.29) is 4.90 Å². The molecule has 3 rings (SSSR count). The summed E-state index contributed by atoms with van der Waals surface area (Å²) in [6.07, 6.45) is 0. The molecule has 0 unspecified atom stereocenters. The fraction of sp³-hybridized carbons (Fsp3) is 0.0909. The van der Waals surface area contributed by atoms with Crippen LogP contribution in [0.1, 0.15) is 11.1 Å². The number of nitrogens with one attached hydrogen (secondary N) is 1. The molecule has 0 saturated carbocycles. The monoisotopic (exact) mass is 405 g/mol. The van der Waals surface area contributed by atoms with Gasteiger partial charge >= 0.3 is 0 Å². The van der Waals surface area contributed by atoms with E-state index in [1.54, 1.807) is 60.7 Å². The van der Waals surface area contributed by atoms with Crippen LogP contribution in [0.2, 0.25) is 0 Å². The number of hydrogen-bond donors (Lipinski definition) is 1. The van der Waals surface area contributed by atoms with Crippen molar-refractivity contribution in [1.82, 2.24) is 0 Å². The lowest BCUT2D eigenvalue weighted by atomic mass is 10.2. The zero-order chi connectivity index (χ0) is 20.9. The number of nitrogens with zero attached hydrogens (tertiary/aromatic N) is 2. The van der Waals surface area contributed by atoms with E-state index < -0.39 is 22.5 Å². The highest BCUT2D eigenvalue weighted by Gasteiger charge is 2.27. The standard InChI is InChI=1S/C22H19N3O3S/c1-17-10-12-21(13-11-17)29(27,28)25(20-8-3-2-4-9-20)16-22(26)24-19-7-5-6-18(14-19)15-23/h2-14H,16H2,1H3,(H,24,26). The van der Waals surface area contributed by atoms with Crippen LogP contribution in [0.5, 0.6) is 0 Å². The first-order valence-electron chi connectivity index (χ1n) is 8.84. The molecule has 146 valence electrons. The number of nitriles is 1. The number of aryl methyl sites for hydroxylation is 1. The number of benzene rings is 3. The van der Waals surface area contributed by atoms with Gasteiger partial charge in [0.25, 0.3) is 10.0 Å². The van der Waals surface area contributed by atoms with Crippen molar-refractivity contribution < 1.29 is 13.2 Å². The molecule has 0 aliphatic carbocycles. The summed E-state index contributed by atoms with van der Waals surface area (Å²) in [6, 6.07) is 23.4. The average molecular weight is 405 g/mol. The van der Waals surface area contributed by atoms with Crippen molar-refractivity contribution in [1.29, 1.82) is 5.26 Å². The maximum atomic E-state index is 13.2. The summed E-state index contributed by atoms with van der Waals surface area (Å²) in [6.45, 7) is 1.46. The maximum absolute atomic E-state index is 13.2. The topological polar surface area (TPSA) is 90.3 Å². The fourth-order valence-electron chi connectivity index (χ4n) is 2.74. The van der Waals surface area contributed by atoms with Crippen molar-refractivity contribution in [2.45, 2.75) is 11.8 Å². The van der Waals surface area contributed by atoms with Crippen LogP contribution in [0.15, 0.2) is 83.8 Å². The zero-order valence-electron chi connectivity index (χ0n) is 15.7. The molecule has 0 aromatic heterocycles. The average Bonchev–Trinajstić information content (AvgIpc) is 2.73. The van der Waals surface area contributed by atoms with Crippen LogP contribution in [0, 0.1) is 18.3 Å². The summed E-state index contributed by atoms with van der Waals surface area (Å²) in [4.78, 5) is 12.7. The number of amides is 1. The first-order valence-corrected chi connectivity index (χ1v) is 10.3. The van der Waals surface area contributed by atoms with Crippen LogP contribution in [-0.2, 0) is 14.8 Å². The number of carbonyl (C=O) groups is 1. The number of rotatable bonds is 6. The number of sulfonamides is 1. The van der Waals surface area contributed by atoms with E-state index in [9.17, 15) is 13.2 Å². The summed E-state index contributed by atoms with van der Waals surface area (Å²) in [7, 11) is -3.95. The minimum absolute atomic E-state index is 0.103. The van der Waals surface area contributed by atoms with Crippen molar-refractivity contribution in [3.8, 4) is 6.07 Å². The van der Waals surface area contributed by atoms with Gasteiger partial charge in [0, 0.05) is 5.69 Å². The highest BCUT2D eigenvalue weighted by molar-refractivity contribution is 7.92. The minimum Gasteiger partial charge on any atom is -0.324 e. The van der Waals surface area contributed by atoms with Gasteiger partial charge in [0.2, 0.25) is 5.91 Å². The Kier molecular flexibility index (Phi) is 5.96. The number of hydrogen-bond acceptors (Lipinski definition) is 4. The number of anilines is 2. The van der Waals surface area contributed by atoms with Crippen molar-refractivity contribution >= 4 is 27.3 Å². The third-order valence-corrected chi connectivity index (χ3v) is 6.00. The van der Waals surface area contributed by atoms with E-state index in [1.807, 2.05) is 13.0 Å². The summed E-state index contributed by atoms with van der Waals surface area (Å²) >= 11 is 0. The molecule has 0 atom stereocenters. The molecular formula is C22H19N3O3S. The SMILES string of the molecule is Cc1ccc(S(=O)(=O)N(CC(=O)Nc2cccc(C#N)c2)c2ccccc2)cc1. The van der Waals surface area contributed by atoms with Gasteiger partial charge in [-0.25, -0.2) is 8.42 Å². The van der Waals surface area contributed by atoms with Crippen LogP contribution in [0.25, 0.3) is 0 Å². The van der Waals surface area contributed by atoms with E-state index in [2.05, 4.69) is 5.32 Å². The molecule has 0 aliphatic rings. The van der Waals surface area contributed by atoms with E-state index in [4.69, 9.17) is 5.26 Å². The van der Waals surface area contributed by atoms with Gasteiger partial charge in [0.1, 0.15) is 6.54 Å². The van der Waals surface area contributed by atoms with Crippen molar-refractivity contribution in [2.24, 2.45) is 0 Å². The van der Waals surface area contributed by atoms with Crippen LogP contribution in [-0.4, -0.2) is 20.9 Å². The van der Waals surface area contributed by atoms with Crippen molar-refractivity contribution in [2.75, 3.05) is 16.2 Å². The third-order valence-electron chi connectivity index (χ3n) is 4.22. The van der Waals surface area contributed by atoms with Crippen LogP contribution in [0.3, 0.4) is 0 Å². The van der Waals surface area contributed by atoms with E-state index in [0.29, 0.717) is 16.9 Å². The first kappa shape index (κ1) is 20.1. The van der Waals surface area contributed by atoms with Gasteiger partial charge in [-0.3, -0.25) is 9.10 Å². The van der Waals surface area contributed by atoms with Crippen molar-refractivity contribution in [3.63, 3.8) is 0 Å². The van der Waals surface area contributed by atoms with Gasteiger partial charge in [-0.15, -0.1) is 0 Å². The molecule has 0 bridgehead atoms. The predicted molar refractivity (Wildman–Crippen MR) is 112 cm³/mol. The largest absolute Gasteiger partial charge is 0.324 e. The quantitative estimate of drug-likeness (QED) is 0.677. The van der Waals surface area contributed by atoms with Gasteiger partial charge < -0.3 is 5.32 Å². The molecule has 1 N–H and O–H groups in total. The molecule has 0 fully saturated rings. The Morgan fingerprint density at radius 3 is 2.34 bits per heavy atom. The maximum Gasteiger partial charge on any atom is 0.264 e. The summed E-state index contributed by atoms with van der Waals surface area (Å²) < 4.78 is 27.5. The normalized spacial score (nSPS) is 10.8. The molecule has 6 nitrogen and oxygen atoms in total. The Bertz CT molecular complexity index is 1150. The first-order chi connectivity index (χ1) is 13.9. The lowest BCUT2D eigenvalue weighted by Crippen LogP contribution is -2.38. The molecule has 1 amide bonds. The molecule has 0 heterocycles. The van der Waals surface area contributed by atoms with Crippen LogP contribution in [0.4, 0.5) is 11.4 Å². The third kappa shape index (κ3) is 4.81. The van der Waals surface area contributed by atoms with E-state index in [1.165, 1.54) is 18.2 Å². The van der Waals surface area contributed by atoms with Gasteiger partial charge in [0.15, 0.2) is 0 Å². The Balaban J connectivity index is 1.91. The molecule has 3 aromatic carbocycles. The Morgan fingerprint density at radius 1 is 1.00 bits per heavy atom. The smallest absolute Gasteiger partial charge is 0.264 e. The molecule has 0 radical (unpaired) electrons. The van der Waals surface area contributed by atoms with Gasteiger partial charge in [0.05, 0.1) is 22.2 Å². The molecular weight excluding hydrogens is 386 g/mol. The molecule has 0 saturated heterocycles. The lowest BCUT2D eigenvalue weighted by Gasteiger charge is -2.24. The zero-order valence-corrected chi connectivity index (χ0v) is 16.6. The van der Waals surface area contributed by atoms with Crippen LogP contribution >= 0.6 is 0 Å². The highest BCUT2D eigenvalue weighted by atomic mass is 32.2. The summed E-state index contributed by atoms with van der Waals surface area (Å²) in [5, 5.41) is 11.6. The Morgan fingerprint density at radius 2 is 1.69 bits per heavy atom. The number of carbonyl (C=O) groups excluding carboxylic acids is 1. The Hall–Kier alpha value is -3.63. The van der Waals surface area contributed by atoms with E-state index >= 15 is 0 Å². The molecule has 3 aromatic rings. The minimum atomic E-state index is -3.95. The highest BCUT2D eigenvalue weighted by Crippen LogP contribution is 2.24. The molecule has 7 heteroatoms. The molecule has 29 heavy (non-hydrogen) atoms. The second-order valence-corrected chi connectivity index (χ2v) is 8.26. The fourth-order valence-corrected chi connectivity index (χ4v) is 4.17. The molecule has 0 spiro atoms. The Labute approximate surface area is 170 Å². The second-order valence-electron chi connectivity index (χ2n) is 6.40. The number of para-hydroxylation sites is 1.